The van der Waals surface area contributed by atoms with Crippen LogP contribution < -0.4 is 14.7 Å². The Kier molecular flexibility index (Phi) is 5.70. The molecule has 2 heterocycles. The number of benzene rings is 2. The number of anilines is 3. The Balaban J connectivity index is 1.38. The summed E-state index contributed by atoms with van der Waals surface area (Å²) in [5, 5.41) is 12.6. The van der Waals surface area contributed by atoms with Crippen LogP contribution in [-0.2, 0) is 9.59 Å². The number of nitro groups is 1. The van der Waals surface area contributed by atoms with Gasteiger partial charge in [0, 0.05) is 32.2 Å². The Morgan fingerprint density at radius 1 is 0.848 bits per heavy atom. The van der Waals surface area contributed by atoms with E-state index in [1.165, 1.54) is 11.0 Å². The molecule has 0 radical (unpaired) electrons. The molecule has 2 aliphatic heterocycles. The van der Waals surface area contributed by atoms with Crippen LogP contribution in [0.4, 0.5) is 22.7 Å². The maximum Gasteiger partial charge on any atom is 0.294 e. The summed E-state index contributed by atoms with van der Waals surface area (Å²) in [6.07, 6.45) is 3.30. The van der Waals surface area contributed by atoms with Crippen LogP contribution in [0.25, 0.3) is 0 Å². The van der Waals surface area contributed by atoms with Crippen LogP contribution in [0.15, 0.2) is 42.5 Å². The van der Waals surface area contributed by atoms with Crippen LogP contribution in [0.3, 0.4) is 0 Å². The molecule has 0 spiro atoms. The van der Waals surface area contributed by atoms with Gasteiger partial charge in [-0.1, -0.05) is 36.6 Å². The largest absolute Gasteiger partial charge is 0.367 e. The molecule has 2 saturated heterocycles. The second-order valence-electron chi connectivity index (χ2n) is 8.86. The average Bonchev–Trinajstić information content (AvgIpc) is 3.09. The maximum absolute atomic E-state index is 12.9. The Labute approximate surface area is 196 Å². The van der Waals surface area contributed by atoms with Gasteiger partial charge >= 0.3 is 0 Å². The van der Waals surface area contributed by atoms with Crippen LogP contribution in [0, 0.1) is 22.0 Å². The third-order valence-electron chi connectivity index (χ3n) is 7.07. The van der Waals surface area contributed by atoms with Gasteiger partial charge in [-0.15, -0.1) is 0 Å². The van der Waals surface area contributed by atoms with Crippen molar-refractivity contribution in [2.75, 3.05) is 40.9 Å². The minimum absolute atomic E-state index is 0.0887. The van der Waals surface area contributed by atoms with E-state index in [0.29, 0.717) is 55.4 Å². The van der Waals surface area contributed by atoms with Gasteiger partial charge in [0.2, 0.25) is 11.8 Å². The van der Waals surface area contributed by atoms with E-state index in [4.69, 9.17) is 11.6 Å². The van der Waals surface area contributed by atoms with Crippen molar-refractivity contribution in [2.24, 2.45) is 11.8 Å². The Bertz CT molecular complexity index is 1090. The molecule has 8 nitrogen and oxygen atoms in total. The van der Waals surface area contributed by atoms with E-state index in [1.54, 1.807) is 12.1 Å². The molecule has 9 heteroatoms. The van der Waals surface area contributed by atoms with Crippen LogP contribution >= 0.6 is 11.6 Å². The van der Waals surface area contributed by atoms with Gasteiger partial charge in [-0.25, -0.2) is 4.90 Å². The first-order chi connectivity index (χ1) is 16.0. The molecule has 0 aromatic heterocycles. The standard InChI is InChI=1S/C24H25ClN4O4/c25-19-7-3-4-8-20(19)26-11-13-27(14-12-26)21-10-9-16(15-22(21)29(32)33)28-23(30)17-5-1-2-6-18(17)24(28)31/h3-4,7-10,15,17-18H,1-2,5-6,11-14H2. The number of piperazine rings is 1. The summed E-state index contributed by atoms with van der Waals surface area (Å²) in [5.74, 6) is -1.02. The average molecular weight is 469 g/mol. The van der Waals surface area contributed by atoms with E-state index in [-0.39, 0.29) is 29.3 Å². The third-order valence-corrected chi connectivity index (χ3v) is 7.39. The van der Waals surface area contributed by atoms with Gasteiger partial charge < -0.3 is 9.80 Å². The van der Waals surface area contributed by atoms with Gasteiger partial charge in [-0.05, 0) is 37.1 Å². The lowest BCUT2D eigenvalue weighted by atomic mass is 9.81. The SMILES string of the molecule is O=C1C2CCCCC2C(=O)N1c1ccc(N2CCN(c3ccccc3Cl)CC2)c([N+](=O)[O-])c1. The molecule has 2 atom stereocenters. The molecule has 0 N–H and O–H groups in total. The van der Waals surface area contributed by atoms with Gasteiger partial charge in [0.05, 0.1) is 33.2 Å². The van der Waals surface area contributed by atoms with Crippen molar-refractivity contribution in [3.8, 4) is 0 Å². The zero-order valence-corrected chi connectivity index (χ0v) is 18.9. The minimum atomic E-state index is -0.433. The summed E-state index contributed by atoms with van der Waals surface area (Å²) in [6.45, 7) is 2.54. The summed E-state index contributed by atoms with van der Waals surface area (Å²) in [4.78, 5) is 42.7. The molecule has 2 amide bonds. The molecule has 0 bridgehead atoms. The summed E-state index contributed by atoms with van der Waals surface area (Å²) >= 11 is 6.32. The summed E-state index contributed by atoms with van der Waals surface area (Å²) in [7, 11) is 0. The van der Waals surface area contributed by atoms with E-state index in [9.17, 15) is 19.7 Å². The van der Waals surface area contributed by atoms with E-state index >= 15 is 0 Å². The first-order valence-corrected chi connectivity index (χ1v) is 11.7. The number of hydrogen-bond donors (Lipinski definition) is 0. The monoisotopic (exact) mass is 468 g/mol. The molecule has 2 aromatic rings. The van der Waals surface area contributed by atoms with Crippen LogP contribution in [0.2, 0.25) is 5.02 Å². The van der Waals surface area contributed by atoms with Gasteiger partial charge in [-0.2, -0.15) is 0 Å². The molecule has 5 rings (SSSR count). The number of nitro benzene ring substituents is 1. The Morgan fingerprint density at radius 2 is 1.42 bits per heavy atom. The fourth-order valence-electron chi connectivity index (χ4n) is 5.38. The predicted molar refractivity (Wildman–Crippen MR) is 127 cm³/mol. The zero-order valence-electron chi connectivity index (χ0n) is 18.2. The summed E-state index contributed by atoms with van der Waals surface area (Å²) in [5.41, 5.74) is 1.66. The summed E-state index contributed by atoms with van der Waals surface area (Å²) in [6, 6.07) is 12.4. The molecule has 33 heavy (non-hydrogen) atoms. The number of hydrogen-bond acceptors (Lipinski definition) is 6. The van der Waals surface area contributed by atoms with Gasteiger partial charge in [-0.3, -0.25) is 19.7 Å². The van der Waals surface area contributed by atoms with E-state index in [2.05, 4.69) is 4.90 Å². The van der Waals surface area contributed by atoms with Crippen LogP contribution in [-0.4, -0.2) is 42.9 Å². The number of nitrogens with zero attached hydrogens (tertiary/aromatic N) is 4. The highest BCUT2D eigenvalue weighted by Crippen LogP contribution is 2.42. The molecule has 172 valence electrons. The molecule has 1 saturated carbocycles. The Hall–Kier alpha value is -3.13. The lowest BCUT2D eigenvalue weighted by Gasteiger charge is -2.37. The molecule has 3 fully saturated rings. The number of fused-ring (bicyclic) bond motifs is 1. The summed E-state index contributed by atoms with van der Waals surface area (Å²) < 4.78 is 0. The predicted octanol–water partition coefficient (Wildman–Crippen LogP) is 4.25. The van der Waals surface area contributed by atoms with Crippen molar-refractivity contribution in [3.63, 3.8) is 0 Å². The number of para-hydroxylation sites is 1. The number of imide groups is 1. The highest BCUT2D eigenvalue weighted by atomic mass is 35.5. The normalized spacial score (nSPS) is 23.1. The lowest BCUT2D eigenvalue weighted by Crippen LogP contribution is -2.46. The van der Waals surface area contributed by atoms with Crippen molar-refractivity contribution in [1.82, 2.24) is 0 Å². The highest BCUT2D eigenvalue weighted by Gasteiger charge is 2.49. The molecule has 2 unspecified atom stereocenters. The molecular formula is C24H25ClN4O4. The molecule has 3 aliphatic rings. The zero-order chi connectivity index (χ0) is 23.1. The minimum Gasteiger partial charge on any atom is -0.367 e. The maximum atomic E-state index is 12.9. The number of carbonyl (C=O) groups is 2. The lowest BCUT2D eigenvalue weighted by molar-refractivity contribution is -0.384. The topological polar surface area (TPSA) is 87.0 Å². The van der Waals surface area contributed by atoms with E-state index in [1.807, 2.05) is 29.2 Å². The molecule has 2 aromatic carbocycles. The van der Waals surface area contributed by atoms with Gasteiger partial charge in [0.25, 0.3) is 5.69 Å². The number of amides is 2. The fraction of sp³-hybridized carbons (Fsp3) is 0.417. The Morgan fingerprint density at radius 3 is 2.00 bits per heavy atom. The third kappa shape index (κ3) is 3.82. The van der Waals surface area contributed by atoms with E-state index in [0.717, 1.165) is 18.5 Å². The fourth-order valence-corrected chi connectivity index (χ4v) is 5.63. The molecule has 1 aliphatic carbocycles. The second kappa shape index (κ2) is 8.67. The van der Waals surface area contributed by atoms with Crippen molar-refractivity contribution in [3.05, 3.63) is 57.6 Å². The number of rotatable bonds is 4. The smallest absolute Gasteiger partial charge is 0.294 e. The van der Waals surface area contributed by atoms with Crippen molar-refractivity contribution in [1.29, 1.82) is 0 Å². The van der Waals surface area contributed by atoms with Crippen molar-refractivity contribution >= 4 is 46.2 Å². The quantitative estimate of drug-likeness (QED) is 0.378. The molecular weight excluding hydrogens is 444 g/mol. The number of carbonyl (C=O) groups excluding carboxylic acids is 2. The number of halogens is 1. The first-order valence-electron chi connectivity index (χ1n) is 11.4. The van der Waals surface area contributed by atoms with Gasteiger partial charge in [0.1, 0.15) is 5.69 Å². The van der Waals surface area contributed by atoms with Crippen LogP contribution in [0.1, 0.15) is 25.7 Å². The van der Waals surface area contributed by atoms with Gasteiger partial charge in [0.15, 0.2) is 0 Å². The highest BCUT2D eigenvalue weighted by molar-refractivity contribution is 6.33. The van der Waals surface area contributed by atoms with Crippen molar-refractivity contribution < 1.29 is 14.5 Å². The van der Waals surface area contributed by atoms with E-state index < -0.39 is 4.92 Å². The van der Waals surface area contributed by atoms with Crippen LogP contribution in [0.5, 0.6) is 0 Å². The second-order valence-corrected chi connectivity index (χ2v) is 9.27. The van der Waals surface area contributed by atoms with Crippen molar-refractivity contribution in [2.45, 2.75) is 25.7 Å². The first kappa shape index (κ1) is 21.7.